The highest BCUT2D eigenvalue weighted by atomic mass is 16.2. The number of rotatable bonds is 6. The highest BCUT2D eigenvalue weighted by Gasteiger charge is 2.43. The maximum absolute atomic E-state index is 13.1. The zero-order valence-electron chi connectivity index (χ0n) is 16.9. The van der Waals surface area contributed by atoms with Crippen LogP contribution in [-0.2, 0) is 16.0 Å². The monoisotopic (exact) mass is 378 g/mol. The third-order valence-electron chi connectivity index (χ3n) is 5.63. The lowest BCUT2D eigenvalue weighted by molar-refractivity contribution is -0.141. The van der Waals surface area contributed by atoms with Crippen molar-refractivity contribution in [2.24, 2.45) is 5.41 Å². The number of hydrogen-bond donors (Lipinski definition) is 1. The van der Waals surface area contributed by atoms with Crippen molar-refractivity contribution < 1.29 is 9.59 Å². The first-order chi connectivity index (χ1) is 13.6. The minimum atomic E-state index is -0.561. The van der Waals surface area contributed by atoms with Gasteiger partial charge < -0.3 is 10.2 Å². The molecular formula is C24H30N2O2. The Bertz CT molecular complexity index is 818. The van der Waals surface area contributed by atoms with Crippen LogP contribution in [0.2, 0.25) is 0 Å². The van der Waals surface area contributed by atoms with Gasteiger partial charge in [0.05, 0.1) is 5.41 Å². The second kappa shape index (κ2) is 9.05. The molecule has 4 nitrogen and oxygen atoms in total. The summed E-state index contributed by atoms with van der Waals surface area (Å²) in [5.74, 6) is 0.195. The van der Waals surface area contributed by atoms with Crippen molar-refractivity contribution in [3.63, 3.8) is 0 Å². The van der Waals surface area contributed by atoms with Crippen LogP contribution in [0, 0.1) is 5.41 Å². The lowest BCUT2D eigenvalue weighted by Gasteiger charge is -2.42. The third kappa shape index (κ3) is 4.44. The molecule has 4 heteroatoms. The van der Waals surface area contributed by atoms with Crippen molar-refractivity contribution in [1.29, 1.82) is 0 Å². The number of carbonyl (C=O) groups excluding carboxylic acids is 2. The summed E-state index contributed by atoms with van der Waals surface area (Å²) >= 11 is 0. The summed E-state index contributed by atoms with van der Waals surface area (Å²) in [7, 11) is 0. The van der Waals surface area contributed by atoms with Crippen molar-refractivity contribution >= 4 is 11.8 Å². The number of piperidine rings is 1. The largest absolute Gasteiger partial charge is 0.356 e. The van der Waals surface area contributed by atoms with Gasteiger partial charge in [0.25, 0.3) is 0 Å². The fourth-order valence-corrected chi connectivity index (χ4v) is 4.21. The Labute approximate surface area is 167 Å². The molecule has 2 aromatic rings. The smallest absolute Gasteiger partial charge is 0.228 e. The summed E-state index contributed by atoms with van der Waals surface area (Å²) in [6.45, 7) is 5.68. The van der Waals surface area contributed by atoms with E-state index in [0.717, 1.165) is 30.5 Å². The molecule has 2 amide bonds. The molecular weight excluding hydrogens is 348 g/mol. The number of likely N-dealkylation sites (tertiary alicyclic amines) is 1. The van der Waals surface area contributed by atoms with Crippen molar-refractivity contribution in [2.45, 2.75) is 39.5 Å². The van der Waals surface area contributed by atoms with Crippen LogP contribution in [0.15, 0.2) is 54.6 Å². The second-order valence-electron chi connectivity index (χ2n) is 7.66. The summed E-state index contributed by atoms with van der Waals surface area (Å²) in [4.78, 5) is 27.3. The Kier molecular flexibility index (Phi) is 6.50. The third-order valence-corrected chi connectivity index (χ3v) is 5.63. The lowest BCUT2D eigenvalue weighted by Crippen LogP contribution is -2.54. The molecule has 1 atom stereocenters. The van der Waals surface area contributed by atoms with Gasteiger partial charge in [0.15, 0.2) is 0 Å². The fourth-order valence-electron chi connectivity index (χ4n) is 4.21. The van der Waals surface area contributed by atoms with E-state index in [0.29, 0.717) is 25.9 Å². The highest BCUT2D eigenvalue weighted by Crippen LogP contribution is 2.35. The molecule has 0 bridgehead atoms. The Morgan fingerprint density at radius 2 is 1.79 bits per heavy atom. The minimum absolute atomic E-state index is 0.0636. The van der Waals surface area contributed by atoms with Crippen molar-refractivity contribution in [3.8, 4) is 11.1 Å². The SMILES string of the molecule is CCNC(=O)[C@@]1(Cc2cccc(-c3ccccc3)c2)CCCN(C(=O)CC)C1. The summed E-state index contributed by atoms with van der Waals surface area (Å²) in [5.41, 5.74) is 2.90. The van der Waals surface area contributed by atoms with Gasteiger partial charge in [0.2, 0.25) is 11.8 Å². The summed E-state index contributed by atoms with van der Waals surface area (Å²) in [6, 6.07) is 18.7. The minimum Gasteiger partial charge on any atom is -0.356 e. The average molecular weight is 379 g/mol. The van der Waals surface area contributed by atoms with E-state index < -0.39 is 5.41 Å². The topological polar surface area (TPSA) is 49.4 Å². The van der Waals surface area contributed by atoms with Crippen LogP contribution in [0.25, 0.3) is 11.1 Å². The summed E-state index contributed by atoms with van der Waals surface area (Å²) < 4.78 is 0. The van der Waals surface area contributed by atoms with Crippen LogP contribution in [-0.4, -0.2) is 36.3 Å². The van der Waals surface area contributed by atoms with Crippen LogP contribution in [0.3, 0.4) is 0 Å². The molecule has 0 saturated carbocycles. The summed E-state index contributed by atoms with van der Waals surface area (Å²) in [6.07, 6.45) is 2.80. The molecule has 1 aliphatic heterocycles. The van der Waals surface area contributed by atoms with Crippen molar-refractivity contribution in [2.75, 3.05) is 19.6 Å². The molecule has 0 radical (unpaired) electrons. The molecule has 2 aromatic carbocycles. The number of hydrogen-bond acceptors (Lipinski definition) is 2. The van der Waals surface area contributed by atoms with Crippen LogP contribution in [0.1, 0.15) is 38.7 Å². The van der Waals surface area contributed by atoms with Gasteiger partial charge >= 0.3 is 0 Å². The zero-order chi connectivity index (χ0) is 20.0. The first-order valence-electron chi connectivity index (χ1n) is 10.3. The Hall–Kier alpha value is -2.62. The molecule has 1 N–H and O–H groups in total. The van der Waals surface area contributed by atoms with Gasteiger partial charge in [-0.15, -0.1) is 0 Å². The maximum atomic E-state index is 13.1. The molecule has 0 spiro atoms. The van der Waals surface area contributed by atoms with E-state index in [4.69, 9.17) is 0 Å². The zero-order valence-corrected chi connectivity index (χ0v) is 16.9. The number of benzene rings is 2. The molecule has 1 fully saturated rings. The van der Waals surface area contributed by atoms with E-state index >= 15 is 0 Å². The Morgan fingerprint density at radius 3 is 2.50 bits per heavy atom. The Balaban J connectivity index is 1.90. The van der Waals surface area contributed by atoms with Gasteiger partial charge in [-0.05, 0) is 42.9 Å². The predicted octanol–water partition coefficient (Wildman–Crippen LogP) is 4.05. The number of carbonyl (C=O) groups is 2. The first kappa shape index (κ1) is 20.1. The van der Waals surface area contributed by atoms with Crippen LogP contribution >= 0.6 is 0 Å². The Morgan fingerprint density at radius 1 is 1.04 bits per heavy atom. The van der Waals surface area contributed by atoms with Crippen molar-refractivity contribution in [3.05, 3.63) is 60.2 Å². The molecule has 28 heavy (non-hydrogen) atoms. The van der Waals surface area contributed by atoms with Gasteiger partial charge in [-0.2, -0.15) is 0 Å². The van der Waals surface area contributed by atoms with Crippen LogP contribution in [0.4, 0.5) is 0 Å². The van der Waals surface area contributed by atoms with Gasteiger partial charge in [0, 0.05) is 26.1 Å². The lowest BCUT2D eigenvalue weighted by atomic mass is 9.74. The van der Waals surface area contributed by atoms with Gasteiger partial charge in [-0.1, -0.05) is 61.5 Å². The van der Waals surface area contributed by atoms with Gasteiger partial charge in [0.1, 0.15) is 0 Å². The maximum Gasteiger partial charge on any atom is 0.228 e. The number of nitrogens with one attached hydrogen (secondary N) is 1. The number of amides is 2. The van der Waals surface area contributed by atoms with Crippen LogP contribution in [0.5, 0.6) is 0 Å². The quantitative estimate of drug-likeness (QED) is 0.824. The molecule has 1 saturated heterocycles. The molecule has 0 aromatic heterocycles. The fraction of sp³-hybridized carbons (Fsp3) is 0.417. The summed E-state index contributed by atoms with van der Waals surface area (Å²) in [5, 5.41) is 3.02. The molecule has 3 rings (SSSR count). The van der Waals surface area contributed by atoms with E-state index in [1.165, 1.54) is 5.56 Å². The van der Waals surface area contributed by atoms with E-state index in [2.05, 4.69) is 41.7 Å². The molecule has 148 valence electrons. The molecule has 1 aliphatic rings. The van der Waals surface area contributed by atoms with Crippen LogP contribution < -0.4 is 5.32 Å². The standard InChI is InChI=1S/C24H30N2O2/c1-3-22(27)26-15-9-14-24(18-26,23(28)25-4-2)17-19-10-8-13-21(16-19)20-11-6-5-7-12-20/h5-8,10-13,16H,3-4,9,14-15,17-18H2,1-2H3,(H,25,28)/t24-/m1/s1. The average Bonchev–Trinajstić information content (AvgIpc) is 2.74. The normalized spacial score (nSPS) is 19.3. The van der Waals surface area contributed by atoms with Gasteiger partial charge in [-0.3, -0.25) is 9.59 Å². The molecule has 1 heterocycles. The molecule has 0 unspecified atom stereocenters. The molecule has 0 aliphatic carbocycles. The predicted molar refractivity (Wildman–Crippen MR) is 113 cm³/mol. The van der Waals surface area contributed by atoms with E-state index in [1.807, 2.05) is 36.9 Å². The van der Waals surface area contributed by atoms with E-state index in [1.54, 1.807) is 0 Å². The highest BCUT2D eigenvalue weighted by molar-refractivity contribution is 5.85. The van der Waals surface area contributed by atoms with Gasteiger partial charge in [-0.25, -0.2) is 0 Å². The number of nitrogens with zero attached hydrogens (tertiary/aromatic N) is 1. The van der Waals surface area contributed by atoms with E-state index in [-0.39, 0.29) is 11.8 Å². The first-order valence-corrected chi connectivity index (χ1v) is 10.3. The van der Waals surface area contributed by atoms with Crippen molar-refractivity contribution in [1.82, 2.24) is 10.2 Å². The second-order valence-corrected chi connectivity index (χ2v) is 7.66. The van der Waals surface area contributed by atoms with E-state index in [9.17, 15) is 9.59 Å².